The van der Waals surface area contributed by atoms with Gasteiger partial charge in [-0.05, 0) is 32.1 Å². The molecule has 6 heteroatoms. The van der Waals surface area contributed by atoms with Gasteiger partial charge in [0.25, 0.3) is 0 Å². The van der Waals surface area contributed by atoms with Gasteiger partial charge in [-0.25, -0.2) is 14.6 Å². The minimum absolute atomic E-state index is 0.104. The molecule has 6 atom stereocenters. The maximum absolute atomic E-state index is 12.2. The Balaban J connectivity index is 1.86. The zero-order valence-electron chi connectivity index (χ0n) is 11.6. The molecule has 5 fully saturated rings. The third-order valence-electron chi connectivity index (χ3n) is 5.45. The fourth-order valence-electron chi connectivity index (χ4n) is 4.33. The average molecular weight is 282 g/mol. The Bertz CT molecular complexity index is 490. The fourth-order valence-corrected chi connectivity index (χ4v) is 4.33. The van der Waals surface area contributed by atoms with Crippen LogP contribution in [-0.4, -0.2) is 29.4 Å². The Morgan fingerprint density at radius 2 is 1.95 bits per heavy atom. The summed E-state index contributed by atoms with van der Waals surface area (Å²) < 4.78 is 11.1. The Morgan fingerprint density at radius 3 is 2.75 bits per heavy atom. The van der Waals surface area contributed by atoms with Crippen LogP contribution in [0, 0.1) is 17.8 Å². The van der Waals surface area contributed by atoms with Gasteiger partial charge < -0.3 is 9.47 Å². The number of rotatable bonds is 0. The highest BCUT2D eigenvalue weighted by atomic mass is 17.3. The Kier molecular flexibility index (Phi) is 2.43. The molecule has 0 N–H and O–H groups in total. The van der Waals surface area contributed by atoms with Crippen molar-refractivity contribution in [2.24, 2.45) is 17.8 Å². The summed E-state index contributed by atoms with van der Waals surface area (Å²) in [6.45, 7) is 3.93. The van der Waals surface area contributed by atoms with E-state index >= 15 is 0 Å². The number of fused-ring (bicyclic) bond motifs is 2. The predicted octanol–water partition coefficient (Wildman–Crippen LogP) is 1.33. The highest BCUT2D eigenvalue weighted by molar-refractivity contribution is 6.35. The molecule has 0 aromatic rings. The average Bonchev–Trinajstić information content (AvgIpc) is 2.63. The van der Waals surface area contributed by atoms with Crippen LogP contribution < -0.4 is 0 Å². The summed E-state index contributed by atoms with van der Waals surface area (Å²) in [7, 11) is 0. The Morgan fingerprint density at radius 1 is 1.15 bits per heavy atom. The lowest BCUT2D eigenvalue weighted by molar-refractivity contribution is -0.553. The lowest BCUT2D eigenvalue weighted by Gasteiger charge is -2.55. The smallest absolute Gasteiger partial charge is 0.377 e. The molecule has 2 bridgehead atoms. The zero-order chi connectivity index (χ0) is 14.1. The van der Waals surface area contributed by atoms with Gasteiger partial charge in [0, 0.05) is 12.3 Å². The summed E-state index contributed by atoms with van der Waals surface area (Å²) in [4.78, 5) is 35.2. The summed E-state index contributed by atoms with van der Waals surface area (Å²) in [5.74, 6) is -2.25. The molecule has 4 heterocycles. The molecule has 0 radical (unpaired) electrons. The molecule has 0 amide bonds. The van der Waals surface area contributed by atoms with Crippen LogP contribution in [0.25, 0.3) is 0 Å². The van der Waals surface area contributed by atoms with Crippen LogP contribution >= 0.6 is 0 Å². The monoisotopic (exact) mass is 282 g/mol. The molecule has 5 aliphatic rings. The maximum atomic E-state index is 12.2. The van der Waals surface area contributed by atoms with Gasteiger partial charge in [-0.3, -0.25) is 4.79 Å². The second kappa shape index (κ2) is 3.81. The van der Waals surface area contributed by atoms with Crippen molar-refractivity contribution < 1.29 is 28.8 Å². The lowest BCUT2D eigenvalue weighted by Crippen LogP contribution is -2.70. The summed E-state index contributed by atoms with van der Waals surface area (Å²) >= 11 is 0. The molecule has 4 saturated heterocycles. The van der Waals surface area contributed by atoms with Crippen molar-refractivity contribution in [3.05, 3.63) is 0 Å². The molecule has 1 saturated carbocycles. The molecule has 0 aromatic heterocycles. The number of esters is 1. The lowest BCUT2D eigenvalue weighted by atomic mass is 9.60. The quantitative estimate of drug-likeness (QED) is 0.379. The Labute approximate surface area is 116 Å². The molecule has 2 unspecified atom stereocenters. The number of Topliss-reactive ketones (excluding diaryl/α,β-unsaturated/α-hetero) is 1. The van der Waals surface area contributed by atoms with E-state index in [1.54, 1.807) is 6.92 Å². The standard InChI is InChI=1S/C14H18O6/c1-7-3-4-9-10(15)11(16)17-12-14(9)8(7)5-6-13(2,18-12)19-20-14/h7-9,12H,3-6H2,1-2H3/t7-,8?,9?,12-,13-,14-/m1/s1. The van der Waals surface area contributed by atoms with Crippen LogP contribution in [0.2, 0.25) is 0 Å². The van der Waals surface area contributed by atoms with E-state index in [-0.39, 0.29) is 5.92 Å². The first-order valence-electron chi connectivity index (χ1n) is 7.26. The third-order valence-corrected chi connectivity index (χ3v) is 5.45. The second-order valence-corrected chi connectivity index (χ2v) is 6.63. The predicted molar refractivity (Wildman–Crippen MR) is 63.9 cm³/mol. The first-order chi connectivity index (χ1) is 9.46. The van der Waals surface area contributed by atoms with Crippen molar-refractivity contribution in [2.75, 3.05) is 0 Å². The van der Waals surface area contributed by atoms with Crippen LogP contribution in [0.1, 0.15) is 39.5 Å². The SMILES string of the molecule is C[C@@H]1CCC2C(=O)C(=O)O[C@@H]3O[C@@]4(C)CCC1[C@@]23OO4. The first kappa shape index (κ1) is 12.7. The van der Waals surface area contributed by atoms with E-state index in [9.17, 15) is 9.59 Å². The van der Waals surface area contributed by atoms with Gasteiger partial charge in [0.05, 0.1) is 5.92 Å². The van der Waals surface area contributed by atoms with E-state index in [0.717, 1.165) is 12.8 Å². The van der Waals surface area contributed by atoms with Crippen LogP contribution in [0.3, 0.4) is 0 Å². The highest BCUT2D eigenvalue weighted by Gasteiger charge is 2.70. The molecule has 1 spiro atoms. The van der Waals surface area contributed by atoms with Crippen LogP contribution in [0.4, 0.5) is 0 Å². The van der Waals surface area contributed by atoms with Crippen molar-refractivity contribution in [1.82, 2.24) is 0 Å². The summed E-state index contributed by atoms with van der Waals surface area (Å²) in [5, 5.41) is 0. The second-order valence-electron chi connectivity index (χ2n) is 6.63. The fraction of sp³-hybridized carbons (Fsp3) is 0.857. The van der Waals surface area contributed by atoms with Crippen molar-refractivity contribution in [3.63, 3.8) is 0 Å². The van der Waals surface area contributed by atoms with Gasteiger partial charge in [0.1, 0.15) is 0 Å². The van der Waals surface area contributed by atoms with E-state index < -0.39 is 35.3 Å². The van der Waals surface area contributed by atoms with E-state index in [1.165, 1.54) is 0 Å². The van der Waals surface area contributed by atoms with Gasteiger partial charge in [-0.15, -0.1) is 0 Å². The number of ketones is 1. The molecular formula is C14H18O6. The van der Waals surface area contributed by atoms with Crippen molar-refractivity contribution in [3.8, 4) is 0 Å². The molecule has 4 aliphatic heterocycles. The summed E-state index contributed by atoms with van der Waals surface area (Å²) in [6, 6.07) is 0. The van der Waals surface area contributed by atoms with Gasteiger partial charge >= 0.3 is 5.97 Å². The van der Waals surface area contributed by atoms with Crippen molar-refractivity contribution in [2.45, 2.75) is 57.2 Å². The third kappa shape index (κ3) is 1.39. The molecule has 110 valence electrons. The normalized spacial score (nSPS) is 54.1. The zero-order valence-corrected chi connectivity index (χ0v) is 11.6. The Hall–Kier alpha value is -0.980. The molecule has 1 aliphatic carbocycles. The van der Waals surface area contributed by atoms with E-state index in [4.69, 9.17) is 19.2 Å². The van der Waals surface area contributed by atoms with Gasteiger partial charge in [0.2, 0.25) is 17.9 Å². The molecule has 0 aromatic carbocycles. The topological polar surface area (TPSA) is 71.1 Å². The maximum Gasteiger partial charge on any atom is 0.377 e. The first-order valence-corrected chi connectivity index (χ1v) is 7.26. The number of hydrogen-bond donors (Lipinski definition) is 0. The minimum atomic E-state index is -0.960. The van der Waals surface area contributed by atoms with Crippen LogP contribution in [0.5, 0.6) is 0 Å². The largest absolute Gasteiger partial charge is 0.426 e. The highest BCUT2D eigenvalue weighted by Crippen LogP contribution is 2.57. The van der Waals surface area contributed by atoms with Gasteiger partial charge in [0.15, 0.2) is 5.60 Å². The number of carbonyl (C=O) groups excluding carboxylic acids is 2. The summed E-state index contributed by atoms with van der Waals surface area (Å²) in [6.07, 6.45) is 2.19. The molecule has 5 rings (SSSR count). The van der Waals surface area contributed by atoms with Crippen molar-refractivity contribution in [1.29, 1.82) is 0 Å². The summed E-state index contributed by atoms with van der Waals surface area (Å²) in [5.41, 5.74) is -0.960. The van der Waals surface area contributed by atoms with Gasteiger partial charge in [-0.2, -0.15) is 0 Å². The number of carbonyl (C=O) groups is 2. The number of hydrogen-bond acceptors (Lipinski definition) is 6. The van der Waals surface area contributed by atoms with Crippen molar-refractivity contribution >= 4 is 11.8 Å². The number of ether oxygens (including phenoxy) is 2. The van der Waals surface area contributed by atoms with Crippen LogP contribution in [-0.2, 0) is 28.8 Å². The molecule has 6 nitrogen and oxygen atoms in total. The van der Waals surface area contributed by atoms with Gasteiger partial charge in [-0.1, -0.05) is 6.92 Å². The molecule has 20 heavy (non-hydrogen) atoms. The van der Waals surface area contributed by atoms with E-state index in [2.05, 4.69) is 6.92 Å². The van der Waals surface area contributed by atoms with E-state index in [1.807, 2.05) is 0 Å². The minimum Gasteiger partial charge on any atom is -0.426 e. The van der Waals surface area contributed by atoms with E-state index in [0.29, 0.717) is 18.8 Å². The van der Waals surface area contributed by atoms with Crippen LogP contribution in [0.15, 0.2) is 0 Å². The molecular weight excluding hydrogens is 264 g/mol.